The van der Waals surface area contributed by atoms with Crippen molar-refractivity contribution in [3.8, 4) is 0 Å². The second kappa shape index (κ2) is 8.40. The Kier molecular flexibility index (Phi) is 6.26. The summed E-state index contributed by atoms with van der Waals surface area (Å²) in [5.41, 5.74) is 1.81. The van der Waals surface area contributed by atoms with Gasteiger partial charge >= 0.3 is 6.03 Å². The molecule has 3 N–H and O–H groups in total. The van der Waals surface area contributed by atoms with Crippen molar-refractivity contribution in [3.05, 3.63) is 70.8 Å². The van der Waals surface area contributed by atoms with E-state index in [4.69, 9.17) is 0 Å². The van der Waals surface area contributed by atoms with Gasteiger partial charge in [0.2, 0.25) is 0 Å². The van der Waals surface area contributed by atoms with Crippen LogP contribution in [0.15, 0.2) is 42.5 Å². The van der Waals surface area contributed by atoms with E-state index < -0.39 is 29.3 Å². The molecule has 128 valence electrons. The first-order valence-electron chi connectivity index (χ1n) is 7.66. The van der Waals surface area contributed by atoms with Crippen molar-refractivity contribution in [3.63, 3.8) is 0 Å². The van der Waals surface area contributed by atoms with E-state index in [9.17, 15) is 18.7 Å². The SMILES string of the molecule is Cc1ccc(CCNC(=O)NCC(O)c2c(F)cccc2F)cc1. The molecular weight excluding hydrogens is 314 g/mol. The van der Waals surface area contributed by atoms with E-state index in [0.717, 1.165) is 17.7 Å². The van der Waals surface area contributed by atoms with E-state index in [1.54, 1.807) is 0 Å². The first-order valence-corrected chi connectivity index (χ1v) is 7.66. The predicted molar refractivity (Wildman–Crippen MR) is 87.6 cm³/mol. The monoisotopic (exact) mass is 334 g/mol. The van der Waals surface area contributed by atoms with Crippen molar-refractivity contribution in [1.82, 2.24) is 10.6 Å². The van der Waals surface area contributed by atoms with E-state index >= 15 is 0 Å². The van der Waals surface area contributed by atoms with Crippen LogP contribution in [0, 0.1) is 18.6 Å². The number of amides is 2. The van der Waals surface area contributed by atoms with Crippen molar-refractivity contribution in [2.45, 2.75) is 19.4 Å². The van der Waals surface area contributed by atoms with Crippen LogP contribution in [-0.4, -0.2) is 24.2 Å². The molecule has 2 aromatic rings. The van der Waals surface area contributed by atoms with Crippen LogP contribution in [0.1, 0.15) is 22.8 Å². The van der Waals surface area contributed by atoms with Gasteiger partial charge < -0.3 is 15.7 Å². The number of rotatable bonds is 6. The molecule has 0 saturated heterocycles. The Balaban J connectivity index is 1.75. The number of hydrogen-bond donors (Lipinski definition) is 3. The number of benzene rings is 2. The molecule has 0 heterocycles. The molecule has 2 aromatic carbocycles. The molecule has 0 aliphatic rings. The summed E-state index contributed by atoms with van der Waals surface area (Å²) in [6.45, 7) is 2.13. The molecule has 1 unspecified atom stereocenters. The maximum absolute atomic E-state index is 13.5. The summed E-state index contributed by atoms with van der Waals surface area (Å²) >= 11 is 0. The second-order valence-corrected chi connectivity index (χ2v) is 5.52. The maximum Gasteiger partial charge on any atom is 0.314 e. The predicted octanol–water partition coefficient (Wildman–Crippen LogP) is 2.85. The number of hydrogen-bond acceptors (Lipinski definition) is 2. The highest BCUT2D eigenvalue weighted by Crippen LogP contribution is 2.19. The van der Waals surface area contributed by atoms with Crippen LogP contribution >= 0.6 is 0 Å². The summed E-state index contributed by atoms with van der Waals surface area (Å²) in [5, 5.41) is 14.9. The normalized spacial score (nSPS) is 11.8. The third-order valence-corrected chi connectivity index (χ3v) is 3.61. The Labute approximate surface area is 139 Å². The summed E-state index contributed by atoms with van der Waals surface area (Å²) in [6.07, 6.45) is -0.785. The molecule has 0 aliphatic heterocycles. The summed E-state index contributed by atoms with van der Waals surface area (Å²) in [7, 11) is 0. The van der Waals surface area contributed by atoms with Crippen LogP contribution in [0.5, 0.6) is 0 Å². The Morgan fingerprint density at radius 2 is 1.71 bits per heavy atom. The third kappa shape index (κ3) is 5.03. The van der Waals surface area contributed by atoms with Crippen molar-refractivity contribution >= 4 is 6.03 Å². The molecule has 0 bridgehead atoms. The molecule has 2 rings (SSSR count). The highest BCUT2D eigenvalue weighted by atomic mass is 19.1. The largest absolute Gasteiger partial charge is 0.386 e. The molecule has 0 aliphatic carbocycles. The highest BCUT2D eigenvalue weighted by Gasteiger charge is 2.18. The van der Waals surface area contributed by atoms with Gasteiger partial charge in [0.25, 0.3) is 0 Å². The summed E-state index contributed by atoms with van der Waals surface area (Å²) in [4.78, 5) is 11.7. The second-order valence-electron chi connectivity index (χ2n) is 5.52. The maximum atomic E-state index is 13.5. The Hall–Kier alpha value is -2.47. The van der Waals surface area contributed by atoms with Crippen molar-refractivity contribution in [2.75, 3.05) is 13.1 Å². The zero-order chi connectivity index (χ0) is 17.5. The van der Waals surface area contributed by atoms with Gasteiger partial charge in [-0.3, -0.25) is 0 Å². The summed E-state index contributed by atoms with van der Waals surface area (Å²) in [5.74, 6) is -1.69. The lowest BCUT2D eigenvalue weighted by atomic mass is 10.1. The number of aliphatic hydroxyl groups is 1. The number of halogens is 2. The summed E-state index contributed by atoms with van der Waals surface area (Å²) < 4.78 is 27.0. The molecule has 2 amide bonds. The fourth-order valence-electron chi connectivity index (χ4n) is 2.26. The van der Waals surface area contributed by atoms with Gasteiger partial charge in [-0.15, -0.1) is 0 Å². The topological polar surface area (TPSA) is 61.4 Å². The van der Waals surface area contributed by atoms with E-state index in [1.165, 1.54) is 11.6 Å². The van der Waals surface area contributed by atoms with Gasteiger partial charge in [0, 0.05) is 13.1 Å². The van der Waals surface area contributed by atoms with Crippen molar-refractivity contribution in [1.29, 1.82) is 0 Å². The smallest absolute Gasteiger partial charge is 0.314 e. The van der Waals surface area contributed by atoms with Gasteiger partial charge in [-0.05, 0) is 31.0 Å². The molecule has 6 heteroatoms. The molecule has 1 atom stereocenters. The van der Waals surface area contributed by atoms with Gasteiger partial charge in [0.15, 0.2) is 0 Å². The zero-order valence-corrected chi connectivity index (χ0v) is 13.4. The van der Waals surface area contributed by atoms with E-state index in [0.29, 0.717) is 13.0 Å². The third-order valence-electron chi connectivity index (χ3n) is 3.61. The van der Waals surface area contributed by atoms with Crippen LogP contribution in [0.25, 0.3) is 0 Å². The molecule has 0 radical (unpaired) electrons. The van der Waals surface area contributed by atoms with Gasteiger partial charge in [0.1, 0.15) is 17.7 Å². The minimum absolute atomic E-state index is 0.284. The molecule has 0 saturated carbocycles. The zero-order valence-electron chi connectivity index (χ0n) is 13.4. The average Bonchev–Trinajstić information content (AvgIpc) is 2.54. The van der Waals surface area contributed by atoms with Gasteiger partial charge in [-0.2, -0.15) is 0 Å². The lowest BCUT2D eigenvalue weighted by molar-refractivity contribution is 0.164. The lowest BCUT2D eigenvalue weighted by Crippen LogP contribution is -2.38. The minimum Gasteiger partial charge on any atom is -0.386 e. The average molecular weight is 334 g/mol. The standard InChI is InChI=1S/C18H20F2N2O2/c1-12-5-7-13(8-6-12)9-10-21-18(24)22-11-16(23)17-14(19)3-2-4-15(17)20/h2-8,16,23H,9-11H2,1H3,(H2,21,22,24). The minimum atomic E-state index is -1.45. The summed E-state index contributed by atoms with van der Waals surface area (Å²) in [6, 6.07) is 10.8. The van der Waals surface area contributed by atoms with E-state index in [-0.39, 0.29) is 6.54 Å². The first kappa shape index (κ1) is 17.9. The Morgan fingerprint density at radius 1 is 1.08 bits per heavy atom. The van der Waals surface area contributed by atoms with Crippen LogP contribution in [0.4, 0.5) is 13.6 Å². The van der Waals surface area contributed by atoms with Crippen molar-refractivity contribution < 1.29 is 18.7 Å². The Morgan fingerprint density at radius 3 is 2.33 bits per heavy atom. The number of carbonyl (C=O) groups excluding carboxylic acids is 1. The van der Waals surface area contributed by atoms with Gasteiger partial charge in [0.05, 0.1) is 5.56 Å². The fraction of sp³-hybridized carbons (Fsp3) is 0.278. The number of aryl methyl sites for hydroxylation is 1. The number of aliphatic hydroxyl groups excluding tert-OH is 1. The van der Waals surface area contributed by atoms with Crippen LogP contribution < -0.4 is 10.6 Å². The number of nitrogens with one attached hydrogen (secondary N) is 2. The lowest BCUT2D eigenvalue weighted by Gasteiger charge is -2.14. The molecule has 24 heavy (non-hydrogen) atoms. The fourth-order valence-corrected chi connectivity index (χ4v) is 2.26. The van der Waals surface area contributed by atoms with Crippen LogP contribution in [0.3, 0.4) is 0 Å². The van der Waals surface area contributed by atoms with Gasteiger partial charge in [-0.25, -0.2) is 13.6 Å². The molecule has 0 fully saturated rings. The molecule has 0 aromatic heterocycles. The van der Waals surface area contributed by atoms with Crippen LogP contribution in [0.2, 0.25) is 0 Å². The molecular formula is C18H20F2N2O2. The molecule has 4 nitrogen and oxygen atoms in total. The highest BCUT2D eigenvalue weighted by molar-refractivity contribution is 5.73. The number of carbonyl (C=O) groups is 1. The molecule has 0 spiro atoms. The number of urea groups is 1. The van der Waals surface area contributed by atoms with E-state index in [2.05, 4.69) is 10.6 Å². The van der Waals surface area contributed by atoms with Crippen LogP contribution in [-0.2, 0) is 6.42 Å². The quantitative estimate of drug-likeness (QED) is 0.761. The Bertz CT molecular complexity index is 670. The van der Waals surface area contributed by atoms with E-state index in [1.807, 2.05) is 31.2 Å². The first-order chi connectivity index (χ1) is 11.5. The van der Waals surface area contributed by atoms with Gasteiger partial charge in [-0.1, -0.05) is 35.9 Å². The van der Waals surface area contributed by atoms with Crippen molar-refractivity contribution in [2.24, 2.45) is 0 Å².